The minimum absolute atomic E-state index is 0.0443. The Morgan fingerprint density at radius 3 is 2.48 bits per heavy atom. The second-order valence-electron chi connectivity index (χ2n) is 5.72. The van der Waals surface area contributed by atoms with Crippen molar-refractivity contribution in [3.63, 3.8) is 0 Å². The fourth-order valence-electron chi connectivity index (χ4n) is 2.75. The Morgan fingerprint density at radius 1 is 1.24 bits per heavy atom. The Balaban J connectivity index is 2.17. The number of aliphatic hydroxyl groups excluding tert-OH is 1. The maximum absolute atomic E-state index is 12.8. The molecule has 0 atom stereocenters. The topological polar surface area (TPSA) is 107 Å². The van der Waals surface area contributed by atoms with E-state index in [0.717, 1.165) is 12.6 Å². The van der Waals surface area contributed by atoms with Crippen molar-refractivity contribution in [2.75, 3.05) is 45.9 Å². The van der Waals surface area contributed by atoms with Crippen LogP contribution >= 0.6 is 0 Å². The Bertz CT molecular complexity index is 699. The number of hydrogen-bond donors (Lipinski definition) is 2. The molecule has 0 amide bonds. The predicted molar refractivity (Wildman–Crippen MR) is 91.5 cm³/mol. The third-order valence-electron chi connectivity index (χ3n) is 4.08. The average molecular weight is 372 g/mol. The van der Waals surface area contributed by atoms with Crippen molar-refractivity contribution < 1.29 is 28.2 Å². The van der Waals surface area contributed by atoms with E-state index in [9.17, 15) is 18.3 Å². The quantitative estimate of drug-likeness (QED) is 0.683. The molecule has 1 aliphatic rings. The molecular weight excluding hydrogens is 348 g/mol. The summed E-state index contributed by atoms with van der Waals surface area (Å²) in [5, 5.41) is 18.2. The highest BCUT2D eigenvalue weighted by Gasteiger charge is 2.29. The van der Waals surface area contributed by atoms with E-state index in [1.165, 1.54) is 16.4 Å². The van der Waals surface area contributed by atoms with Crippen LogP contribution in [0.2, 0.25) is 0 Å². The number of ether oxygens (including phenoxy) is 1. The van der Waals surface area contributed by atoms with E-state index in [4.69, 9.17) is 9.84 Å². The van der Waals surface area contributed by atoms with E-state index < -0.39 is 16.0 Å². The van der Waals surface area contributed by atoms with Gasteiger partial charge in [-0.2, -0.15) is 4.31 Å². The van der Waals surface area contributed by atoms with E-state index >= 15 is 0 Å². The van der Waals surface area contributed by atoms with Gasteiger partial charge in [0.1, 0.15) is 11.3 Å². The van der Waals surface area contributed by atoms with Crippen LogP contribution in [-0.2, 0) is 10.0 Å². The molecule has 1 heterocycles. The van der Waals surface area contributed by atoms with Gasteiger partial charge in [-0.05, 0) is 31.5 Å². The molecular formula is C16H24N2O6S. The Hall–Kier alpha value is -1.68. The molecule has 1 aromatic rings. The van der Waals surface area contributed by atoms with E-state index in [0.29, 0.717) is 39.2 Å². The lowest BCUT2D eigenvalue weighted by atomic mass is 10.2. The normalized spacial score (nSPS) is 16.7. The van der Waals surface area contributed by atoms with Crippen molar-refractivity contribution in [2.45, 2.75) is 18.2 Å². The summed E-state index contributed by atoms with van der Waals surface area (Å²) in [4.78, 5) is 13.4. The molecule has 1 aromatic carbocycles. The lowest BCUT2D eigenvalue weighted by Gasteiger charge is -2.33. The van der Waals surface area contributed by atoms with Crippen molar-refractivity contribution >= 4 is 16.0 Å². The number of aromatic carboxylic acids is 1. The Labute approximate surface area is 147 Å². The largest absolute Gasteiger partial charge is 0.493 e. The molecule has 140 valence electrons. The molecule has 25 heavy (non-hydrogen) atoms. The summed E-state index contributed by atoms with van der Waals surface area (Å²) in [5.41, 5.74) is -0.162. The fourth-order valence-corrected chi connectivity index (χ4v) is 4.20. The standard InChI is InChI=1S/C16H24N2O6S/c1-2-24-15-5-4-13(12-14(15)16(20)21)25(22,23)18-9-7-17(8-10-18)6-3-11-19/h4-5,12,19H,2-3,6-11H2,1H3,(H,20,21). The third kappa shape index (κ3) is 4.69. The Morgan fingerprint density at radius 2 is 1.92 bits per heavy atom. The minimum Gasteiger partial charge on any atom is -0.493 e. The van der Waals surface area contributed by atoms with Crippen LogP contribution < -0.4 is 4.74 Å². The van der Waals surface area contributed by atoms with Crippen molar-refractivity contribution in [1.82, 2.24) is 9.21 Å². The molecule has 1 aliphatic heterocycles. The van der Waals surface area contributed by atoms with Gasteiger partial charge in [-0.1, -0.05) is 0 Å². The first-order valence-electron chi connectivity index (χ1n) is 8.23. The SMILES string of the molecule is CCOc1ccc(S(=O)(=O)N2CCN(CCCO)CC2)cc1C(=O)O. The summed E-state index contributed by atoms with van der Waals surface area (Å²) >= 11 is 0. The first-order chi connectivity index (χ1) is 11.9. The summed E-state index contributed by atoms with van der Waals surface area (Å²) in [5.74, 6) is -1.07. The van der Waals surface area contributed by atoms with Gasteiger partial charge < -0.3 is 19.8 Å². The van der Waals surface area contributed by atoms with Crippen LogP contribution in [0.25, 0.3) is 0 Å². The summed E-state index contributed by atoms with van der Waals surface area (Å²) < 4.78 is 32.2. The molecule has 0 saturated carbocycles. The molecule has 9 heteroatoms. The van der Waals surface area contributed by atoms with Gasteiger partial charge in [0.05, 0.1) is 11.5 Å². The van der Waals surface area contributed by atoms with Crippen molar-refractivity contribution in [3.8, 4) is 5.75 Å². The van der Waals surface area contributed by atoms with Crippen LogP contribution in [-0.4, -0.2) is 79.7 Å². The molecule has 0 bridgehead atoms. The molecule has 1 saturated heterocycles. The average Bonchev–Trinajstić information content (AvgIpc) is 2.60. The number of hydrogen-bond acceptors (Lipinski definition) is 6. The predicted octanol–water partition coefficient (Wildman–Crippen LogP) is 0.472. The third-order valence-corrected chi connectivity index (χ3v) is 5.98. The number of benzene rings is 1. The van der Waals surface area contributed by atoms with Crippen LogP contribution in [0.3, 0.4) is 0 Å². The van der Waals surface area contributed by atoms with Gasteiger partial charge in [0, 0.05) is 39.3 Å². The van der Waals surface area contributed by atoms with Crippen LogP contribution in [0.4, 0.5) is 0 Å². The number of piperazine rings is 1. The zero-order valence-electron chi connectivity index (χ0n) is 14.2. The molecule has 0 radical (unpaired) electrons. The molecule has 2 N–H and O–H groups in total. The van der Waals surface area contributed by atoms with Gasteiger partial charge in [-0.15, -0.1) is 0 Å². The second-order valence-corrected chi connectivity index (χ2v) is 7.66. The summed E-state index contributed by atoms with van der Waals surface area (Å²) in [7, 11) is -3.76. The molecule has 0 spiro atoms. The van der Waals surface area contributed by atoms with Crippen LogP contribution in [0.5, 0.6) is 5.75 Å². The zero-order chi connectivity index (χ0) is 18.4. The fraction of sp³-hybridized carbons (Fsp3) is 0.562. The molecule has 8 nitrogen and oxygen atoms in total. The van der Waals surface area contributed by atoms with Crippen molar-refractivity contribution in [3.05, 3.63) is 23.8 Å². The van der Waals surface area contributed by atoms with Crippen molar-refractivity contribution in [2.24, 2.45) is 0 Å². The van der Waals surface area contributed by atoms with Gasteiger partial charge in [0.15, 0.2) is 0 Å². The smallest absolute Gasteiger partial charge is 0.339 e. The number of carboxylic acid groups (broad SMARTS) is 1. The zero-order valence-corrected chi connectivity index (χ0v) is 15.0. The maximum Gasteiger partial charge on any atom is 0.339 e. The van der Waals surface area contributed by atoms with Crippen LogP contribution in [0.15, 0.2) is 23.1 Å². The number of nitrogens with zero attached hydrogens (tertiary/aromatic N) is 2. The second kappa shape index (κ2) is 8.61. The van der Waals surface area contributed by atoms with E-state index in [1.807, 2.05) is 0 Å². The number of carbonyl (C=O) groups is 1. The highest BCUT2D eigenvalue weighted by Crippen LogP contribution is 2.25. The van der Waals surface area contributed by atoms with Gasteiger partial charge in [-0.25, -0.2) is 13.2 Å². The molecule has 0 unspecified atom stereocenters. The van der Waals surface area contributed by atoms with E-state index in [1.54, 1.807) is 6.92 Å². The van der Waals surface area contributed by atoms with Gasteiger partial charge >= 0.3 is 5.97 Å². The van der Waals surface area contributed by atoms with Gasteiger partial charge in [-0.3, -0.25) is 0 Å². The molecule has 1 fully saturated rings. The number of carboxylic acids is 1. The van der Waals surface area contributed by atoms with Gasteiger partial charge in [0.25, 0.3) is 0 Å². The van der Waals surface area contributed by atoms with Crippen molar-refractivity contribution in [1.29, 1.82) is 0 Å². The molecule has 0 aliphatic carbocycles. The number of sulfonamides is 1. The van der Waals surface area contributed by atoms with E-state index in [-0.39, 0.29) is 22.8 Å². The van der Waals surface area contributed by atoms with E-state index in [2.05, 4.69) is 4.90 Å². The maximum atomic E-state index is 12.8. The highest BCUT2D eigenvalue weighted by atomic mass is 32.2. The first kappa shape index (κ1) is 19.6. The van der Waals surface area contributed by atoms with Crippen LogP contribution in [0, 0.1) is 0 Å². The summed E-state index contributed by atoms with van der Waals surface area (Å²) in [6.07, 6.45) is 0.660. The summed E-state index contributed by atoms with van der Waals surface area (Å²) in [6.45, 7) is 4.71. The highest BCUT2D eigenvalue weighted by molar-refractivity contribution is 7.89. The minimum atomic E-state index is -3.76. The number of aliphatic hydroxyl groups is 1. The lowest BCUT2D eigenvalue weighted by Crippen LogP contribution is -2.48. The van der Waals surface area contributed by atoms with Gasteiger partial charge in [0.2, 0.25) is 10.0 Å². The lowest BCUT2D eigenvalue weighted by molar-refractivity contribution is 0.0692. The van der Waals surface area contributed by atoms with Crippen LogP contribution in [0.1, 0.15) is 23.7 Å². The summed E-state index contributed by atoms with van der Waals surface area (Å²) in [6, 6.07) is 3.92. The first-order valence-corrected chi connectivity index (χ1v) is 9.67. The number of rotatable bonds is 8. The molecule has 2 rings (SSSR count). The Kier molecular flexibility index (Phi) is 6.77. The molecule has 0 aromatic heterocycles. The monoisotopic (exact) mass is 372 g/mol.